The van der Waals surface area contributed by atoms with E-state index in [1.807, 2.05) is 32.0 Å². The van der Waals surface area contributed by atoms with Crippen LogP contribution < -0.4 is 16.5 Å². The smallest absolute Gasteiger partial charge is 0.117 e. The van der Waals surface area contributed by atoms with Crippen LogP contribution in [0.4, 0.5) is 0 Å². The fraction of sp³-hybridized carbons (Fsp3) is 0.353. The van der Waals surface area contributed by atoms with E-state index in [1.54, 1.807) is 13.2 Å². The molecule has 25 heavy (non-hydrogen) atoms. The third kappa shape index (κ3) is 4.39. The number of aliphatic hydroxyl groups is 1. The summed E-state index contributed by atoms with van der Waals surface area (Å²) < 4.78 is 0. The normalized spacial score (nSPS) is 15.2. The Kier molecular flexibility index (Phi) is 6.59. The summed E-state index contributed by atoms with van der Waals surface area (Å²) in [6.07, 6.45) is 4.70. The molecule has 0 aliphatic carbocycles. The van der Waals surface area contributed by atoms with Crippen LogP contribution in [0.3, 0.4) is 0 Å². The summed E-state index contributed by atoms with van der Waals surface area (Å²) in [4.78, 5) is 12.3. The highest BCUT2D eigenvalue weighted by Crippen LogP contribution is 2.36. The number of nitrogens with zero attached hydrogens (tertiary/aromatic N) is 4. The maximum absolute atomic E-state index is 11.7. The molecule has 2 rings (SSSR count). The van der Waals surface area contributed by atoms with Crippen LogP contribution in [0.2, 0.25) is 0 Å². The van der Waals surface area contributed by atoms with Gasteiger partial charge in [-0.15, -0.1) is 18.5 Å². The van der Waals surface area contributed by atoms with Crippen molar-refractivity contribution in [1.82, 2.24) is 15.0 Å². The minimum atomic E-state index is -1.26. The van der Waals surface area contributed by atoms with Crippen LogP contribution in [-0.4, -0.2) is 40.0 Å². The van der Waals surface area contributed by atoms with Gasteiger partial charge in [0, 0.05) is 24.5 Å². The van der Waals surface area contributed by atoms with Gasteiger partial charge in [0.2, 0.25) is 0 Å². The van der Waals surface area contributed by atoms with Crippen molar-refractivity contribution in [2.24, 2.45) is 10.8 Å². The molecule has 2 aromatic rings. The zero-order valence-corrected chi connectivity index (χ0v) is 17.0. The average molecular weight is 377 g/mol. The maximum atomic E-state index is 11.7. The van der Waals surface area contributed by atoms with Crippen LogP contribution in [0, 0.1) is 6.92 Å². The molecule has 0 radical (unpaired) electrons. The summed E-state index contributed by atoms with van der Waals surface area (Å²) in [5.74, 6) is 5.70. The molecular weight excluding hydrogens is 352 g/mol. The Morgan fingerprint density at radius 1 is 1.40 bits per heavy atom. The van der Waals surface area contributed by atoms with Gasteiger partial charge in [0.05, 0.1) is 18.6 Å². The van der Waals surface area contributed by atoms with Crippen molar-refractivity contribution in [2.45, 2.75) is 25.4 Å². The number of aromatic nitrogens is 2. The van der Waals surface area contributed by atoms with Gasteiger partial charge in [-0.25, -0.2) is 15.8 Å². The van der Waals surface area contributed by atoms with Gasteiger partial charge < -0.3 is 5.11 Å². The van der Waals surface area contributed by atoms with Gasteiger partial charge in [-0.2, -0.15) is 0 Å². The highest BCUT2D eigenvalue weighted by atomic mass is 31.0. The monoisotopic (exact) mass is 377 g/mol. The summed E-state index contributed by atoms with van der Waals surface area (Å²) in [5.41, 5.74) is 1.41. The van der Waals surface area contributed by atoms with Gasteiger partial charge in [0.1, 0.15) is 11.9 Å². The fourth-order valence-corrected chi connectivity index (χ4v) is 3.96. The molecule has 0 spiro atoms. The molecule has 134 valence electrons. The van der Waals surface area contributed by atoms with Crippen molar-refractivity contribution >= 4 is 35.4 Å². The summed E-state index contributed by atoms with van der Waals surface area (Å²) in [6.45, 7) is 4.13. The number of aryl methyl sites for hydroxylation is 1. The minimum absolute atomic E-state index is 0.171. The molecule has 3 N–H and O–H groups in total. The summed E-state index contributed by atoms with van der Waals surface area (Å²) in [5, 5.41) is 14.9. The van der Waals surface area contributed by atoms with Crippen molar-refractivity contribution in [3.8, 4) is 0 Å². The first kappa shape index (κ1) is 19.9. The van der Waals surface area contributed by atoms with E-state index in [-0.39, 0.29) is 12.5 Å². The topological polar surface area (TPSA) is 87.6 Å². The first-order valence-electron chi connectivity index (χ1n) is 7.87. The summed E-state index contributed by atoms with van der Waals surface area (Å²) in [7, 11) is 6.96. The second-order valence-electron chi connectivity index (χ2n) is 6.15. The largest absolute Gasteiger partial charge is 0.383 e. The van der Waals surface area contributed by atoms with Gasteiger partial charge in [-0.3, -0.25) is 10.0 Å². The summed E-state index contributed by atoms with van der Waals surface area (Å²) in [6, 6.07) is 5.94. The van der Waals surface area contributed by atoms with Gasteiger partial charge in [0.25, 0.3) is 0 Å². The second-order valence-corrected chi connectivity index (χ2v) is 7.39. The van der Waals surface area contributed by atoms with Crippen LogP contribution in [0.25, 0.3) is 0 Å². The molecular formula is C17H25N5OP2. The number of hydrogen-bond donors (Lipinski definition) is 2. The summed E-state index contributed by atoms with van der Waals surface area (Å²) >= 11 is 0. The van der Waals surface area contributed by atoms with Crippen LogP contribution >= 0.6 is 18.5 Å². The fourth-order valence-electron chi connectivity index (χ4n) is 2.94. The van der Waals surface area contributed by atoms with Crippen LogP contribution in [0.1, 0.15) is 29.7 Å². The quantitative estimate of drug-likeness (QED) is 0.253. The third-order valence-corrected chi connectivity index (χ3v) is 5.18. The third-order valence-electron chi connectivity index (χ3n) is 4.26. The van der Waals surface area contributed by atoms with E-state index in [0.717, 1.165) is 27.4 Å². The van der Waals surface area contributed by atoms with Crippen molar-refractivity contribution in [3.05, 3.63) is 47.5 Å². The van der Waals surface area contributed by atoms with E-state index < -0.39 is 5.60 Å². The van der Waals surface area contributed by atoms with E-state index in [4.69, 9.17) is 5.84 Å². The molecule has 0 saturated heterocycles. The van der Waals surface area contributed by atoms with Gasteiger partial charge in [0.15, 0.2) is 0 Å². The number of benzene rings is 1. The van der Waals surface area contributed by atoms with E-state index in [1.165, 1.54) is 17.7 Å². The lowest BCUT2D eigenvalue weighted by Crippen LogP contribution is -2.49. The van der Waals surface area contributed by atoms with Gasteiger partial charge in [-0.1, -0.05) is 30.7 Å². The van der Waals surface area contributed by atoms with Crippen LogP contribution in [0.5, 0.6) is 0 Å². The van der Waals surface area contributed by atoms with E-state index >= 15 is 0 Å². The van der Waals surface area contributed by atoms with E-state index in [0.29, 0.717) is 0 Å². The molecule has 3 unspecified atom stereocenters. The molecule has 1 aromatic carbocycles. The molecule has 1 heterocycles. The van der Waals surface area contributed by atoms with Crippen molar-refractivity contribution < 1.29 is 5.11 Å². The Hall–Kier alpha value is -1.45. The molecule has 0 aliphatic rings. The Bertz CT molecular complexity index is 770. The SMILES string of the molecule is CN=CN(N)C[C@](O)(c1ccc(C)cc1P)C(C)c1ncncc1P. The van der Waals surface area contributed by atoms with E-state index in [9.17, 15) is 5.11 Å². The highest BCUT2D eigenvalue weighted by molar-refractivity contribution is 7.27. The van der Waals surface area contributed by atoms with Crippen molar-refractivity contribution in [2.75, 3.05) is 13.6 Å². The average Bonchev–Trinajstić information content (AvgIpc) is 2.54. The van der Waals surface area contributed by atoms with Gasteiger partial charge >= 0.3 is 0 Å². The number of nitrogens with two attached hydrogens (primary N) is 1. The molecule has 4 atom stereocenters. The predicted molar refractivity (Wildman–Crippen MR) is 110 cm³/mol. The first-order valence-corrected chi connectivity index (χ1v) is 9.03. The first-order chi connectivity index (χ1) is 11.8. The minimum Gasteiger partial charge on any atom is -0.383 e. The second kappa shape index (κ2) is 8.29. The zero-order chi connectivity index (χ0) is 18.6. The standard InChI is InChI=1S/C17H25N5OP2/c1-11-4-5-13(14(24)6-11)17(23,8-22(18)10-19-3)12(2)16-15(25)7-20-9-21-16/h4-7,9-10,12,23H,8,18,24-25H2,1-3H3/t12?,17-/m1/s1. The number of hydrogen-bond acceptors (Lipinski definition) is 5. The molecule has 6 nitrogen and oxygen atoms in total. The van der Waals surface area contributed by atoms with Crippen molar-refractivity contribution in [3.63, 3.8) is 0 Å². The number of rotatable bonds is 6. The predicted octanol–water partition coefficient (Wildman–Crippen LogP) is 0.611. The Morgan fingerprint density at radius 3 is 2.72 bits per heavy atom. The van der Waals surface area contributed by atoms with E-state index in [2.05, 4.69) is 33.4 Å². The molecule has 0 bridgehead atoms. The lowest BCUT2D eigenvalue weighted by Gasteiger charge is -2.38. The molecule has 0 amide bonds. The lowest BCUT2D eigenvalue weighted by atomic mass is 9.79. The highest BCUT2D eigenvalue weighted by Gasteiger charge is 2.40. The van der Waals surface area contributed by atoms with Crippen LogP contribution in [0.15, 0.2) is 35.7 Å². The van der Waals surface area contributed by atoms with Crippen LogP contribution in [-0.2, 0) is 5.60 Å². The van der Waals surface area contributed by atoms with Crippen molar-refractivity contribution in [1.29, 1.82) is 0 Å². The maximum Gasteiger partial charge on any atom is 0.117 e. The lowest BCUT2D eigenvalue weighted by molar-refractivity contribution is -0.00567. The van der Waals surface area contributed by atoms with Gasteiger partial charge in [-0.05, 0) is 17.8 Å². The Labute approximate surface area is 153 Å². The Balaban J connectivity index is 2.57. The number of hydrazine groups is 1. The molecule has 0 fully saturated rings. The molecule has 1 aromatic heterocycles. The number of aliphatic imine (C=N–C) groups is 1. The molecule has 0 saturated carbocycles. The zero-order valence-electron chi connectivity index (χ0n) is 14.7. The molecule has 8 heteroatoms. The Morgan fingerprint density at radius 2 is 2.12 bits per heavy atom. The molecule has 0 aliphatic heterocycles.